The number of alkyl carbamates (subject to hydrolysis) is 1. The number of carbonyl (C=O) groups is 4. The average Bonchev–Trinajstić information content (AvgIpc) is 2.87. The van der Waals surface area contributed by atoms with Crippen LogP contribution in [0.4, 0.5) is 4.79 Å². The molecular weight excluding hydrogens is 520 g/mol. The second-order valence-corrected chi connectivity index (χ2v) is 11.2. The summed E-state index contributed by atoms with van der Waals surface area (Å²) in [5.74, 6) is -2.24. The van der Waals surface area contributed by atoms with Crippen molar-refractivity contribution >= 4 is 23.9 Å². The summed E-state index contributed by atoms with van der Waals surface area (Å²) in [6, 6.07) is 7.70. The lowest BCUT2D eigenvalue weighted by Gasteiger charge is -2.42. The Kier molecular flexibility index (Phi) is 10.7. The third-order valence-electron chi connectivity index (χ3n) is 6.62. The highest BCUT2D eigenvalue weighted by atomic mass is 16.6. The van der Waals surface area contributed by atoms with Crippen molar-refractivity contribution in [3.8, 4) is 0 Å². The number of amides is 2. The first-order chi connectivity index (χ1) is 18.9. The minimum Gasteiger partial charge on any atom is -0.459 e. The largest absolute Gasteiger partial charge is 0.459 e. The number of fused-ring (bicyclic) bond motifs is 2. The molecule has 1 heterocycles. The molecular formula is C29H40N2O9. The fourth-order valence-electron chi connectivity index (χ4n) is 4.64. The van der Waals surface area contributed by atoms with Crippen LogP contribution in [0.5, 0.6) is 0 Å². The highest BCUT2D eigenvalue weighted by Gasteiger charge is 2.52. The molecule has 220 valence electrons. The topological polar surface area (TPSA) is 160 Å². The maximum atomic E-state index is 13.4. The van der Waals surface area contributed by atoms with Gasteiger partial charge in [-0.25, -0.2) is 9.59 Å². The van der Waals surface area contributed by atoms with E-state index in [0.29, 0.717) is 6.42 Å². The van der Waals surface area contributed by atoms with Gasteiger partial charge in [0.15, 0.2) is 0 Å². The third kappa shape index (κ3) is 9.34. The van der Waals surface area contributed by atoms with Gasteiger partial charge in [-0.15, -0.1) is 0 Å². The Hall–Kier alpha value is -3.44. The van der Waals surface area contributed by atoms with E-state index in [1.807, 2.05) is 12.1 Å². The molecule has 0 saturated heterocycles. The Morgan fingerprint density at radius 2 is 1.88 bits per heavy atom. The lowest BCUT2D eigenvalue weighted by molar-refractivity contribution is -0.201. The first kappa shape index (κ1) is 31.1. The van der Waals surface area contributed by atoms with E-state index in [0.717, 1.165) is 18.4 Å². The van der Waals surface area contributed by atoms with E-state index < -0.39 is 65.9 Å². The number of hydrogen-bond acceptors (Lipinski definition) is 9. The molecule has 2 aliphatic rings. The molecule has 11 heteroatoms. The van der Waals surface area contributed by atoms with E-state index in [9.17, 15) is 29.4 Å². The number of allylic oxidation sites excluding steroid dienone is 1. The van der Waals surface area contributed by atoms with E-state index in [1.165, 1.54) is 0 Å². The van der Waals surface area contributed by atoms with Crippen LogP contribution in [0.2, 0.25) is 0 Å². The molecule has 1 saturated carbocycles. The lowest BCUT2D eigenvalue weighted by atomic mass is 9.78. The van der Waals surface area contributed by atoms with Crippen LogP contribution in [0, 0.1) is 0 Å². The van der Waals surface area contributed by atoms with Crippen molar-refractivity contribution in [1.29, 1.82) is 0 Å². The summed E-state index contributed by atoms with van der Waals surface area (Å²) in [5, 5.41) is 27.5. The van der Waals surface area contributed by atoms with Crippen molar-refractivity contribution in [2.45, 2.75) is 101 Å². The van der Waals surface area contributed by atoms with Crippen molar-refractivity contribution in [3.05, 3.63) is 48.0 Å². The second-order valence-electron chi connectivity index (χ2n) is 11.2. The monoisotopic (exact) mass is 560 g/mol. The zero-order chi connectivity index (χ0) is 29.3. The van der Waals surface area contributed by atoms with E-state index in [-0.39, 0.29) is 25.8 Å². The number of aliphatic hydroxyl groups excluding tert-OH is 1. The normalized spacial score (nSPS) is 27.7. The summed E-state index contributed by atoms with van der Waals surface area (Å²) in [6.45, 7) is 5.22. The molecule has 4 N–H and O–H groups in total. The highest BCUT2D eigenvalue weighted by Crippen LogP contribution is 2.34. The number of benzene rings is 1. The fourth-order valence-corrected chi connectivity index (χ4v) is 4.64. The summed E-state index contributed by atoms with van der Waals surface area (Å²) in [6.07, 6.45) is -0.0276. The predicted octanol–water partition coefficient (Wildman–Crippen LogP) is 2.08. The maximum absolute atomic E-state index is 13.4. The molecule has 1 aromatic rings. The van der Waals surface area contributed by atoms with Gasteiger partial charge in [-0.2, -0.15) is 0 Å². The van der Waals surface area contributed by atoms with E-state index in [2.05, 4.69) is 10.6 Å². The van der Waals surface area contributed by atoms with Gasteiger partial charge in [0.1, 0.15) is 35.6 Å². The number of hydrogen-bond donors (Lipinski definition) is 4. The molecule has 1 aliphatic carbocycles. The van der Waals surface area contributed by atoms with Gasteiger partial charge >= 0.3 is 18.0 Å². The van der Waals surface area contributed by atoms with Gasteiger partial charge in [-0.05, 0) is 45.6 Å². The van der Waals surface area contributed by atoms with Gasteiger partial charge in [0.25, 0.3) is 5.91 Å². The lowest BCUT2D eigenvalue weighted by Crippen LogP contribution is -2.61. The molecule has 0 spiro atoms. The Balaban J connectivity index is 1.83. The molecule has 3 rings (SSSR count). The molecule has 1 aliphatic heterocycles. The molecule has 2 amide bonds. The molecule has 40 heavy (non-hydrogen) atoms. The van der Waals surface area contributed by atoms with Crippen molar-refractivity contribution in [2.24, 2.45) is 0 Å². The zero-order valence-corrected chi connectivity index (χ0v) is 23.3. The molecule has 1 fully saturated rings. The van der Waals surface area contributed by atoms with Crippen molar-refractivity contribution in [2.75, 3.05) is 6.54 Å². The number of carbonyl (C=O) groups excluding carboxylic acids is 4. The van der Waals surface area contributed by atoms with Crippen molar-refractivity contribution in [3.63, 3.8) is 0 Å². The number of aliphatic hydroxyl groups is 2. The van der Waals surface area contributed by atoms with Crippen LogP contribution < -0.4 is 10.6 Å². The summed E-state index contributed by atoms with van der Waals surface area (Å²) < 4.78 is 16.4. The van der Waals surface area contributed by atoms with E-state index >= 15 is 0 Å². The SMILES string of the molecule is CC(C)(C)OC(=O)N[C@H](Cc1ccccc1)C(=O)O[C@@H]1C[C@]2(O)C[C@@H](OC(=O)CCCC/C=C\CNC2=O)[C@@H]1O. The number of esters is 2. The Morgan fingerprint density at radius 3 is 2.58 bits per heavy atom. The highest BCUT2D eigenvalue weighted by molar-refractivity contribution is 5.86. The Labute approximate surface area is 234 Å². The molecule has 0 unspecified atom stereocenters. The minimum absolute atomic E-state index is 0.0528. The zero-order valence-electron chi connectivity index (χ0n) is 23.3. The van der Waals surface area contributed by atoms with Gasteiger partial charge in [-0.1, -0.05) is 42.5 Å². The molecule has 11 nitrogen and oxygen atoms in total. The standard InChI is InChI=1S/C29H40N2O9/c1-28(2,3)40-27(36)31-20(16-19-12-8-7-9-13-19)25(34)39-22-18-29(37)17-21(24(22)33)38-23(32)14-10-5-4-6-11-15-30-26(29)35/h6-9,11-13,20-22,24,33,37H,4-5,10,14-18H2,1-3H3,(H,30,35)(H,31,36)/b11-6-/t20-,21-,22-,24+,29-/m1/s1. The van der Waals surface area contributed by atoms with Gasteiger partial charge in [0.05, 0.1) is 0 Å². The van der Waals surface area contributed by atoms with Crippen LogP contribution in [0.3, 0.4) is 0 Å². The van der Waals surface area contributed by atoms with Crippen LogP contribution in [0.25, 0.3) is 0 Å². The average molecular weight is 561 g/mol. The molecule has 0 aromatic heterocycles. The summed E-state index contributed by atoms with van der Waals surface area (Å²) in [5.41, 5.74) is -2.18. The van der Waals surface area contributed by atoms with Crippen LogP contribution >= 0.6 is 0 Å². The summed E-state index contributed by atoms with van der Waals surface area (Å²) in [4.78, 5) is 51.3. The quantitative estimate of drug-likeness (QED) is 0.240. The molecule has 0 radical (unpaired) electrons. The number of ether oxygens (including phenoxy) is 3. The fraction of sp³-hybridized carbons (Fsp3) is 0.586. The van der Waals surface area contributed by atoms with Crippen LogP contribution in [0.15, 0.2) is 42.5 Å². The van der Waals surface area contributed by atoms with Crippen LogP contribution in [-0.4, -0.2) is 76.3 Å². The molecule has 1 aromatic carbocycles. The van der Waals surface area contributed by atoms with E-state index in [1.54, 1.807) is 51.1 Å². The van der Waals surface area contributed by atoms with E-state index in [4.69, 9.17) is 14.2 Å². The summed E-state index contributed by atoms with van der Waals surface area (Å²) in [7, 11) is 0. The van der Waals surface area contributed by atoms with Crippen molar-refractivity contribution < 1.29 is 43.6 Å². The van der Waals surface area contributed by atoms with Crippen LogP contribution in [-0.2, 0) is 35.0 Å². The van der Waals surface area contributed by atoms with Gasteiger partial charge < -0.3 is 35.1 Å². The minimum atomic E-state index is -2.08. The summed E-state index contributed by atoms with van der Waals surface area (Å²) >= 11 is 0. The number of rotatable bonds is 5. The molecule has 2 bridgehead atoms. The smallest absolute Gasteiger partial charge is 0.408 e. The molecule has 5 atom stereocenters. The first-order valence-electron chi connectivity index (χ1n) is 13.6. The Bertz CT molecular complexity index is 1070. The number of nitrogens with one attached hydrogen (secondary N) is 2. The Morgan fingerprint density at radius 1 is 1.15 bits per heavy atom. The van der Waals surface area contributed by atoms with Gasteiger partial charge in [0, 0.05) is 32.2 Å². The predicted molar refractivity (Wildman–Crippen MR) is 144 cm³/mol. The third-order valence-corrected chi connectivity index (χ3v) is 6.62. The van der Waals surface area contributed by atoms with Gasteiger partial charge in [-0.3, -0.25) is 9.59 Å². The van der Waals surface area contributed by atoms with Gasteiger partial charge in [0.2, 0.25) is 0 Å². The van der Waals surface area contributed by atoms with Crippen LogP contribution in [0.1, 0.15) is 64.9 Å². The maximum Gasteiger partial charge on any atom is 0.408 e. The first-order valence-corrected chi connectivity index (χ1v) is 13.6. The second kappa shape index (κ2) is 13.8. The van der Waals surface area contributed by atoms with Crippen molar-refractivity contribution in [1.82, 2.24) is 10.6 Å².